The van der Waals surface area contributed by atoms with Crippen molar-refractivity contribution in [2.45, 2.75) is 32.2 Å². The third-order valence-electron chi connectivity index (χ3n) is 5.52. The largest absolute Gasteiger partial charge is 0.300 e. The summed E-state index contributed by atoms with van der Waals surface area (Å²) < 4.78 is 0. The fraction of sp³-hybridized carbons (Fsp3) is 0.304. The lowest BCUT2D eigenvalue weighted by molar-refractivity contribution is 0.272. The highest BCUT2D eigenvalue weighted by Gasteiger charge is 2.19. The van der Waals surface area contributed by atoms with Crippen LogP contribution in [0, 0.1) is 11.3 Å². The molecule has 1 atom stereocenters. The minimum absolute atomic E-state index is 0.674. The van der Waals surface area contributed by atoms with Gasteiger partial charge in [-0.25, -0.2) is 0 Å². The molecule has 0 amide bonds. The zero-order valence-electron chi connectivity index (χ0n) is 15.2. The van der Waals surface area contributed by atoms with Crippen molar-refractivity contribution in [2.75, 3.05) is 13.1 Å². The second-order valence-corrected chi connectivity index (χ2v) is 7.17. The summed E-state index contributed by atoms with van der Waals surface area (Å²) in [5.74, 6) is 0. The number of pyridine rings is 1. The van der Waals surface area contributed by atoms with Gasteiger partial charge in [0, 0.05) is 29.7 Å². The van der Waals surface area contributed by atoms with Crippen molar-refractivity contribution in [1.29, 1.82) is 5.26 Å². The fourth-order valence-electron chi connectivity index (χ4n) is 3.92. The highest BCUT2D eigenvalue weighted by molar-refractivity contribution is 5.88. The maximum atomic E-state index is 8.95. The van der Waals surface area contributed by atoms with Crippen molar-refractivity contribution in [3.8, 4) is 17.3 Å². The smallest absolute Gasteiger partial charge is 0.0991 e. The number of likely N-dealkylation sites (tertiary alicyclic amines) is 1. The molecule has 0 N–H and O–H groups in total. The van der Waals surface area contributed by atoms with Crippen molar-refractivity contribution < 1.29 is 0 Å². The molecule has 26 heavy (non-hydrogen) atoms. The van der Waals surface area contributed by atoms with E-state index in [-0.39, 0.29) is 0 Å². The first-order valence-electron chi connectivity index (χ1n) is 9.37. The van der Waals surface area contributed by atoms with Gasteiger partial charge in [-0.15, -0.1) is 0 Å². The molecule has 4 rings (SSSR count). The number of rotatable bonds is 4. The highest BCUT2D eigenvalue weighted by Crippen LogP contribution is 2.25. The Bertz CT molecular complexity index is 953. The molecule has 1 fully saturated rings. The molecule has 0 radical (unpaired) electrons. The molecule has 130 valence electrons. The molecule has 2 aromatic carbocycles. The van der Waals surface area contributed by atoms with Gasteiger partial charge < -0.3 is 4.90 Å². The topological polar surface area (TPSA) is 39.9 Å². The quantitative estimate of drug-likeness (QED) is 0.684. The highest BCUT2D eigenvalue weighted by atomic mass is 15.2. The van der Waals surface area contributed by atoms with E-state index in [1.54, 1.807) is 0 Å². The Morgan fingerprint density at radius 2 is 2.04 bits per heavy atom. The average molecular weight is 341 g/mol. The maximum absolute atomic E-state index is 8.95. The van der Waals surface area contributed by atoms with Crippen LogP contribution in [0.3, 0.4) is 0 Å². The first kappa shape index (κ1) is 16.8. The van der Waals surface area contributed by atoms with E-state index < -0.39 is 0 Å². The van der Waals surface area contributed by atoms with Crippen LogP contribution in [0.2, 0.25) is 0 Å². The summed E-state index contributed by atoms with van der Waals surface area (Å²) in [6, 6.07) is 19.2. The molecule has 0 unspecified atom stereocenters. The molecule has 3 nitrogen and oxygen atoms in total. The van der Waals surface area contributed by atoms with Gasteiger partial charge in [-0.3, -0.25) is 4.98 Å². The van der Waals surface area contributed by atoms with Gasteiger partial charge in [-0.1, -0.05) is 30.3 Å². The van der Waals surface area contributed by atoms with E-state index >= 15 is 0 Å². The Hall–Kier alpha value is -2.70. The first-order chi connectivity index (χ1) is 12.7. The third-order valence-corrected chi connectivity index (χ3v) is 5.52. The van der Waals surface area contributed by atoms with Crippen LogP contribution in [0.15, 0.2) is 54.7 Å². The molecule has 3 heteroatoms. The average Bonchev–Trinajstić information content (AvgIpc) is 3.10. The Morgan fingerprint density at radius 3 is 2.77 bits per heavy atom. The molecule has 0 aliphatic carbocycles. The summed E-state index contributed by atoms with van der Waals surface area (Å²) in [5.41, 5.74) is 4.04. The van der Waals surface area contributed by atoms with E-state index in [1.807, 2.05) is 30.5 Å². The maximum Gasteiger partial charge on any atom is 0.0991 e. The summed E-state index contributed by atoms with van der Waals surface area (Å²) in [7, 11) is 0. The number of nitrogens with zero attached hydrogens (tertiary/aromatic N) is 3. The lowest BCUT2D eigenvalue weighted by Crippen LogP contribution is -2.28. The second kappa shape index (κ2) is 7.27. The lowest BCUT2D eigenvalue weighted by Gasteiger charge is -2.21. The molecular formula is C23H23N3. The zero-order chi connectivity index (χ0) is 17.9. The van der Waals surface area contributed by atoms with Crippen molar-refractivity contribution in [2.24, 2.45) is 0 Å². The number of fused-ring (bicyclic) bond motifs is 1. The van der Waals surface area contributed by atoms with E-state index in [0.29, 0.717) is 11.6 Å². The van der Waals surface area contributed by atoms with Crippen LogP contribution in [0.25, 0.3) is 22.0 Å². The molecule has 3 aromatic rings. The molecule has 2 heterocycles. The number of aromatic nitrogens is 1. The molecular weight excluding hydrogens is 318 g/mol. The monoisotopic (exact) mass is 341 g/mol. The third kappa shape index (κ3) is 3.34. The van der Waals surface area contributed by atoms with Crippen LogP contribution in [0.4, 0.5) is 0 Å². The summed E-state index contributed by atoms with van der Waals surface area (Å²) >= 11 is 0. The standard InChI is InChI=1S/C23H23N3/c1-17-4-3-12-26(17)13-11-19-5-2-6-21-14-23(25-16-22(19)21)20-9-7-18(15-24)8-10-20/h2,5-10,14,16-17H,3-4,11-13H2,1H3/t17-/m1/s1. The Kier molecular flexibility index (Phi) is 4.69. The minimum atomic E-state index is 0.674. The van der Waals surface area contributed by atoms with E-state index in [9.17, 15) is 0 Å². The lowest BCUT2D eigenvalue weighted by atomic mass is 10.0. The van der Waals surface area contributed by atoms with Crippen LogP contribution < -0.4 is 0 Å². The number of benzene rings is 2. The summed E-state index contributed by atoms with van der Waals surface area (Å²) in [4.78, 5) is 7.29. The van der Waals surface area contributed by atoms with Gasteiger partial charge in [-0.2, -0.15) is 5.26 Å². The molecule has 0 bridgehead atoms. The Labute approximate surface area is 154 Å². The fourth-order valence-corrected chi connectivity index (χ4v) is 3.92. The van der Waals surface area contributed by atoms with Crippen molar-refractivity contribution in [3.05, 3.63) is 65.9 Å². The molecule has 1 saturated heterocycles. The van der Waals surface area contributed by atoms with Crippen LogP contribution in [0.5, 0.6) is 0 Å². The van der Waals surface area contributed by atoms with Crippen molar-refractivity contribution in [1.82, 2.24) is 9.88 Å². The molecule has 1 aromatic heterocycles. The predicted molar refractivity (Wildman–Crippen MR) is 106 cm³/mol. The second-order valence-electron chi connectivity index (χ2n) is 7.17. The molecule has 1 aliphatic rings. The molecule has 1 aliphatic heterocycles. The van der Waals surface area contributed by atoms with Crippen molar-refractivity contribution in [3.63, 3.8) is 0 Å². The van der Waals surface area contributed by atoms with Crippen LogP contribution >= 0.6 is 0 Å². The minimum Gasteiger partial charge on any atom is -0.300 e. The van der Waals surface area contributed by atoms with E-state index in [2.05, 4.69) is 42.2 Å². The van der Waals surface area contributed by atoms with Gasteiger partial charge in [0.15, 0.2) is 0 Å². The zero-order valence-corrected chi connectivity index (χ0v) is 15.2. The van der Waals surface area contributed by atoms with Crippen molar-refractivity contribution >= 4 is 10.8 Å². The summed E-state index contributed by atoms with van der Waals surface area (Å²) in [6.45, 7) is 4.69. The molecule has 0 saturated carbocycles. The van der Waals surface area contributed by atoms with Gasteiger partial charge in [0.1, 0.15) is 0 Å². The Balaban J connectivity index is 1.59. The van der Waals surface area contributed by atoms with Gasteiger partial charge in [0.25, 0.3) is 0 Å². The predicted octanol–water partition coefficient (Wildman–Crippen LogP) is 4.80. The number of hydrogen-bond acceptors (Lipinski definition) is 3. The number of nitriles is 1. The normalized spacial score (nSPS) is 17.5. The molecule has 0 spiro atoms. The van der Waals surface area contributed by atoms with E-state index in [1.165, 1.54) is 35.7 Å². The van der Waals surface area contributed by atoms with E-state index in [4.69, 9.17) is 10.2 Å². The summed E-state index contributed by atoms with van der Waals surface area (Å²) in [6.07, 6.45) is 5.72. The van der Waals surface area contributed by atoms with Gasteiger partial charge in [0.05, 0.1) is 17.3 Å². The number of hydrogen-bond donors (Lipinski definition) is 0. The van der Waals surface area contributed by atoms with Gasteiger partial charge in [0.2, 0.25) is 0 Å². The SMILES string of the molecule is C[C@@H]1CCCN1CCc1cccc2cc(-c3ccc(C#N)cc3)ncc12. The van der Waals surface area contributed by atoms with E-state index in [0.717, 1.165) is 24.2 Å². The van der Waals surface area contributed by atoms with Crippen LogP contribution in [-0.2, 0) is 6.42 Å². The Morgan fingerprint density at radius 1 is 1.19 bits per heavy atom. The van der Waals surface area contributed by atoms with Gasteiger partial charge in [-0.05, 0) is 61.9 Å². The summed E-state index contributed by atoms with van der Waals surface area (Å²) in [5, 5.41) is 11.4. The van der Waals surface area contributed by atoms with Crippen LogP contribution in [0.1, 0.15) is 30.9 Å². The first-order valence-corrected chi connectivity index (χ1v) is 9.37. The van der Waals surface area contributed by atoms with Crippen LogP contribution in [-0.4, -0.2) is 29.0 Å². The van der Waals surface area contributed by atoms with Gasteiger partial charge >= 0.3 is 0 Å².